The van der Waals surface area contributed by atoms with Gasteiger partial charge in [-0.05, 0) is 32.3 Å². The SMILES string of the molecule is CC.Cc1cc2c(Cl)nc3c(ncn3C3CC[C@@H](c4ncnn4C)C3)c2[nH]1. The van der Waals surface area contributed by atoms with Gasteiger partial charge in [0.1, 0.15) is 22.8 Å². The maximum atomic E-state index is 6.42. The predicted octanol–water partition coefficient (Wildman–Crippen LogP) is 4.54. The van der Waals surface area contributed by atoms with Crippen LogP contribution in [0.2, 0.25) is 5.15 Å². The average molecular weight is 386 g/mol. The van der Waals surface area contributed by atoms with E-state index in [0.29, 0.717) is 17.1 Å². The normalized spacial score (nSPS) is 19.6. The highest BCUT2D eigenvalue weighted by atomic mass is 35.5. The number of nitrogens with one attached hydrogen (secondary N) is 1. The molecule has 0 saturated heterocycles. The lowest BCUT2D eigenvalue weighted by Gasteiger charge is -2.13. The summed E-state index contributed by atoms with van der Waals surface area (Å²) < 4.78 is 4.05. The van der Waals surface area contributed by atoms with Gasteiger partial charge in [-0.25, -0.2) is 15.0 Å². The molecule has 2 atom stereocenters. The molecule has 0 aliphatic heterocycles. The smallest absolute Gasteiger partial charge is 0.163 e. The van der Waals surface area contributed by atoms with Crippen LogP contribution in [0.4, 0.5) is 0 Å². The number of aromatic amines is 1. The van der Waals surface area contributed by atoms with Crippen LogP contribution in [-0.4, -0.2) is 34.3 Å². The van der Waals surface area contributed by atoms with Crippen LogP contribution in [0, 0.1) is 6.92 Å². The van der Waals surface area contributed by atoms with Gasteiger partial charge in [0.05, 0.1) is 11.8 Å². The highest BCUT2D eigenvalue weighted by molar-refractivity contribution is 6.35. The van der Waals surface area contributed by atoms with Gasteiger partial charge in [0.15, 0.2) is 5.65 Å². The molecule has 0 amide bonds. The van der Waals surface area contributed by atoms with Crippen LogP contribution in [0.5, 0.6) is 0 Å². The molecule has 142 valence electrons. The van der Waals surface area contributed by atoms with Gasteiger partial charge < -0.3 is 9.55 Å². The minimum atomic E-state index is 0.351. The van der Waals surface area contributed by atoms with Crippen LogP contribution >= 0.6 is 11.6 Å². The molecule has 27 heavy (non-hydrogen) atoms. The van der Waals surface area contributed by atoms with Crippen molar-refractivity contribution in [1.82, 2.24) is 34.3 Å². The summed E-state index contributed by atoms with van der Waals surface area (Å²) in [5.74, 6) is 1.47. The lowest BCUT2D eigenvalue weighted by molar-refractivity contribution is 0.510. The van der Waals surface area contributed by atoms with E-state index >= 15 is 0 Å². The van der Waals surface area contributed by atoms with Gasteiger partial charge in [-0.3, -0.25) is 4.68 Å². The molecule has 7 nitrogen and oxygen atoms in total. The number of hydrogen-bond acceptors (Lipinski definition) is 4. The molecule has 1 aliphatic rings. The fraction of sp³-hybridized carbons (Fsp3) is 0.474. The second kappa shape index (κ2) is 6.96. The number of fused-ring (bicyclic) bond motifs is 3. The number of imidazole rings is 1. The van der Waals surface area contributed by atoms with E-state index in [0.717, 1.165) is 52.8 Å². The summed E-state index contributed by atoms with van der Waals surface area (Å²) in [5.41, 5.74) is 3.76. The molecule has 1 unspecified atom stereocenters. The first-order chi connectivity index (χ1) is 13.1. The van der Waals surface area contributed by atoms with Crippen LogP contribution in [0.3, 0.4) is 0 Å². The van der Waals surface area contributed by atoms with Crippen molar-refractivity contribution in [1.29, 1.82) is 0 Å². The molecule has 1 saturated carbocycles. The van der Waals surface area contributed by atoms with E-state index in [2.05, 4.69) is 29.6 Å². The summed E-state index contributed by atoms with van der Waals surface area (Å²) >= 11 is 6.42. The van der Waals surface area contributed by atoms with Crippen LogP contribution in [0.15, 0.2) is 18.7 Å². The zero-order chi connectivity index (χ0) is 19.1. The summed E-state index contributed by atoms with van der Waals surface area (Å²) in [5, 5.41) is 5.65. The molecule has 4 aromatic heterocycles. The summed E-state index contributed by atoms with van der Waals surface area (Å²) in [6.07, 6.45) is 6.70. The van der Waals surface area contributed by atoms with Crippen LogP contribution in [-0.2, 0) is 7.05 Å². The minimum Gasteiger partial charge on any atom is -0.357 e. The molecule has 8 heteroatoms. The summed E-state index contributed by atoms with van der Waals surface area (Å²) in [7, 11) is 1.95. The molecule has 0 spiro atoms. The largest absolute Gasteiger partial charge is 0.357 e. The highest BCUT2D eigenvalue weighted by Gasteiger charge is 2.31. The third-order valence-electron chi connectivity index (χ3n) is 5.29. The number of aromatic nitrogens is 7. The average Bonchev–Trinajstić information content (AvgIpc) is 3.41. The first kappa shape index (κ1) is 18.0. The summed E-state index contributed by atoms with van der Waals surface area (Å²) in [6.45, 7) is 6.02. The molecular formula is C19H24ClN7. The Labute approximate surface area is 162 Å². The number of halogens is 1. The Hall–Kier alpha value is -2.41. The molecule has 1 N–H and O–H groups in total. The van der Waals surface area contributed by atoms with Crippen molar-refractivity contribution in [3.05, 3.63) is 35.4 Å². The molecule has 1 aliphatic carbocycles. The molecule has 4 heterocycles. The van der Waals surface area contributed by atoms with E-state index in [9.17, 15) is 0 Å². The Kier molecular flexibility index (Phi) is 4.63. The van der Waals surface area contributed by atoms with Gasteiger partial charge >= 0.3 is 0 Å². The van der Waals surface area contributed by atoms with Crippen LogP contribution < -0.4 is 0 Å². The van der Waals surface area contributed by atoms with Gasteiger partial charge in [0.25, 0.3) is 0 Å². The van der Waals surface area contributed by atoms with Gasteiger partial charge in [0, 0.05) is 30.1 Å². The Morgan fingerprint density at radius 3 is 2.78 bits per heavy atom. The molecule has 0 radical (unpaired) electrons. The Morgan fingerprint density at radius 1 is 1.22 bits per heavy atom. The van der Waals surface area contributed by atoms with Gasteiger partial charge in [-0.1, -0.05) is 25.4 Å². The fourth-order valence-corrected chi connectivity index (χ4v) is 4.35. The van der Waals surface area contributed by atoms with E-state index in [1.807, 2.05) is 44.9 Å². The Bertz CT molecular complexity index is 1090. The zero-order valence-electron chi connectivity index (χ0n) is 16.1. The number of pyridine rings is 1. The van der Waals surface area contributed by atoms with Gasteiger partial charge in [-0.2, -0.15) is 5.10 Å². The van der Waals surface area contributed by atoms with Crippen molar-refractivity contribution in [3.63, 3.8) is 0 Å². The van der Waals surface area contributed by atoms with Crippen LogP contribution in [0.1, 0.15) is 56.6 Å². The number of rotatable bonds is 2. The first-order valence-electron chi connectivity index (χ1n) is 9.47. The number of hydrogen-bond donors (Lipinski definition) is 1. The minimum absolute atomic E-state index is 0.351. The van der Waals surface area contributed by atoms with Crippen molar-refractivity contribution in [2.45, 2.75) is 52.0 Å². The maximum absolute atomic E-state index is 6.42. The Morgan fingerprint density at radius 2 is 2.04 bits per heavy atom. The number of nitrogens with zero attached hydrogens (tertiary/aromatic N) is 6. The second-order valence-corrected chi connectivity index (χ2v) is 7.23. The van der Waals surface area contributed by atoms with Crippen LogP contribution in [0.25, 0.3) is 22.1 Å². The second-order valence-electron chi connectivity index (χ2n) is 6.87. The lowest BCUT2D eigenvalue weighted by atomic mass is 10.1. The van der Waals surface area contributed by atoms with E-state index < -0.39 is 0 Å². The molecule has 0 aromatic carbocycles. The van der Waals surface area contributed by atoms with E-state index in [-0.39, 0.29) is 0 Å². The highest BCUT2D eigenvalue weighted by Crippen LogP contribution is 2.41. The Balaban J connectivity index is 0.000000872. The number of H-pyrrole nitrogens is 1. The van der Waals surface area contributed by atoms with Crippen molar-refractivity contribution in [2.24, 2.45) is 7.05 Å². The standard InChI is InChI=1S/C17H18ClN7.C2H6/c1-9-5-12-13(22-9)14-17(23-15(12)18)25(8-20-14)11-4-3-10(6-11)16-19-7-21-24(16)2;1-2/h5,7-8,10-11,22H,3-4,6H2,1-2H3;1-2H3/t10-,11?;/m1./s1. The van der Waals surface area contributed by atoms with Gasteiger partial charge in [-0.15, -0.1) is 0 Å². The molecule has 5 rings (SSSR count). The van der Waals surface area contributed by atoms with Crippen molar-refractivity contribution >= 4 is 33.7 Å². The molecule has 0 bridgehead atoms. The fourth-order valence-electron chi connectivity index (χ4n) is 4.12. The quantitative estimate of drug-likeness (QED) is 0.514. The third-order valence-corrected chi connectivity index (χ3v) is 5.58. The summed E-state index contributed by atoms with van der Waals surface area (Å²) in [6, 6.07) is 2.37. The van der Waals surface area contributed by atoms with Crippen molar-refractivity contribution in [2.75, 3.05) is 0 Å². The maximum Gasteiger partial charge on any atom is 0.163 e. The zero-order valence-corrected chi connectivity index (χ0v) is 16.8. The van der Waals surface area contributed by atoms with Crippen molar-refractivity contribution < 1.29 is 0 Å². The predicted molar refractivity (Wildman–Crippen MR) is 107 cm³/mol. The summed E-state index contributed by atoms with van der Waals surface area (Å²) in [4.78, 5) is 17.1. The van der Waals surface area contributed by atoms with Gasteiger partial charge in [0.2, 0.25) is 0 Å². The van der Waals surface area contributed by atoms with E-state index in [1.54, 1.807) is 6.33 Å². The third kappa shape index (κ3) is 2.90. The topological polar surface area (TPSA) is 77.2 Å². The number of aryl methyl sites for hydroxylation is 2. The first-order valence-corrected chi connectivity index (χ1v) is 9.85. The monoisotopic (exact) mass is 385 g/mol. The molecular weight excluding hydrogens is 362 g/mol. The van der Waals surface area contributed by atoms with E-state index in [4.69, 9.17) is 11.6 Å². The van der Waals surface area contributed by atoms with E-state index in [1.165, 1.54) is 0 Å². The molecule has 1 fully saturated rings. The van der Waals surface area contributed by atoms with Crippen molar-refractivity contribution in [3.8, 4) is 0 Å². The lowest BCUT2D eigenvalue weighted by Crippen LogP contribution is -2.07. The molecule has 4 aromatic rings.